The number of anilines is 2. The molecule has 0 aliphatic carbocycles. The fourth-order valence-electron chi connectivity index (χ4n) is 2.72. The number of nitrogens with two attached hydrogens (primary N) is 1. The Bertz CT molecular complexity index is 1170. The number of halogens is 3. The number of imide groups is 1. The third-order valence-electron chi connectivity index (χ3n) is 4.43. The number of carbonyl (C=O) groups is 7. The van der Waals surface area contributed by atoms with E-state index < -0.39 is 73.4 Å². The summed E-state index contributed by atoms with van der Waals surface area (Å²) in [7, 11) is 0. The van der Waals surface area contributed by atoms with Crippen molar-refractivity contribution in [3.63, 3.8) is 0 Å². The molecule has 214 valence electrons. The summed E-state index contributed by atoms with van der Waals surface area (Å²) in [5.74, 6) is -6.97. The van der Waals surface area contributed by atoms with Gasteiger partial charge in [0.25, 0.3) is 11.8 Å². The third-order valence-corrected chi connectivity index (χ3v) is 7.84. The Morgan fingerprint density at radius 3 is 1.72 bits per heavy atom. The van der Waals surface area contributed by atoms with Crippen LogP contribution < -0.4 is 16.4 Å². The van der Waals surface area contributed by atoms with E-state index in [0.717, 1.165) is 27.7 Å². The van der Waals surface area contributed by atoms with Crippen LogP contribution in [0.4, 0.5) is 11.4 Å². The molecule has 0 radical (unpaired) electrons. The highest BCUT2D eigenvalue weighted by Crippen LogP contribution is 2.41. The van der Waals surface area contributed by atoms with Crippen LogP contribution in [0.15, 0.2) is 0 Å². The van der Waals surface area contributed by atoms with E-state index in [-0.39, 0.29) is 20.5 Å². The standard InChI is InChI=1S/C22H24I3N3O11/c1-8(29)36-5-12(6-37-9(2)30)21(34)28-22(35)20(39-11(4)32)14-15(23)18(26)17(25)19(16(14)24)27-13(33)7-38-10(3)31/h12,20H,5-7,26H2,1-4H3,(H,27,33)(H,28,34,35). The molecule has 1 aromatic carbocycles. The molecule has 0 spiro atoms. The number of amides is 3. The maximum atomic E-state index is 13.3. The van der Waals surface area contributed by atoms with Gasteiger partial charge in [-0.3, -0.25) is 38.9 Å². The number of esters is 4. The summed E-state index contributed by atoms with van der Waals surface area (Å²) in [5.41, 5.74) is 6.56. The van der Waals surface area contributed by atoms with Crippen LogP contribution in [0, 0.1) is 16.6 Å². The van der Waals surface area contributed by atoms with Gasteiger partial charge >= 0.3 is 23.9 Å². The van der Waals surface area contributed by atoms with Crippen molar-refractivity contribution in [2.75, 3.05) is 30.9 Å². The van der Waals surface area contributed by atoms with E-state index in [2.05, 4.69) is 10.6 Å². The van der Waals surface area contributed by atoms with E-state index in [1.807, 2.05) is 67.8 Å². The van der Waals surface area contributed by atoms with Gasteiger partial charge in [-0.25, -0.2) is 0 Å². The maximum absolute atomic E-state index is 13.3. The predicted octanol–water partition coefficient (Wildman–Crippen LogP) is 1.57. The van der Waals surface area contributed by atoms with Gasteiger partial charge in [-0.15, -0.1) is 0 Å². The zero-order valence-electron chi connectivity index (χ0n) is 21.0. The number of rotatable bonds is 11. The lowest BCUT2D eigenvalue weighted by Gasteiger charge is -2.24. The molecule has 4 N–H and O–H groups in total. The second-order valence-electron chi connectivity index (χ2n) is 7.62. The summed E-state index contributed by atoms with van der Waals surface area (Å²) in [5, 5.41) is 4.63. The first-order chi connectivity index (χ1) is 18.1. The van der Waals surface area contributed by atoms with Crippen molar-refractivity contribution in [1.29, 1.82) is 0 Å². The van der Waals surface area contributed by atoms with E-state index in [4.69, 9.17) is 24.7 Å². The summed E-state index contributed by atoms with van der Waals surface area (Å²) in [6.07, 6.45) is -1.71. The molecule has 14 nitrogen and oxygen atoms in total. The van der Waals surface area contributed by atoms with Gasteiger partial charge in [0.2, 0.25) is 12.0 Å². The molecule has 0 saturated heterocycles. The largest absolute Gasteiger partial charge is 0.465 e. The number of hydrogen-bond acceptors (Lipinski definition) is 12. The predicted molar refractivity (Wildman–Crippen MR) is 159 cm³/mol. The maximum Gasteiger partial charge on any atom is 0.303 e. The number of ether oxygens (including phenoxy) is 4. The molecule has 0 aromatic heterocycles. The monoisotopic (exact) mass is 887 g/mol. The second-order valence-corrected chi connectivity index (χ2v) is 10.9. The Hall–Kier alpha value is -2.30. The van der Waals surface area contributed by atoms with Crippen LogP contribution in [-0.2, 0) is 52.5 Å². The topological polar surface area (TPSA) is 206 Å². The van der Waals surface area contributed by atoms with Crippen molar-refractivity contribution in [1.82, 2.24) is 5.32 Å². The van der Waals surface area contributed by atoms with E-state index in [1.54, 1.807) is 0 Å². The Kier molecular flexibility index (Phi) is 14.3. The molecule has 0 bridgehead atoms. The molecule has 1 atom stereocenters. The molecule has 1 aromatic rings. The molecule has 0 fully saturated rings. The Labute approximate surface area is 263 Å². The molecule has 0 heterocycles. The molecule has 0 aliphatic heterocycles. The Balaban J connectivity index is 3.45. The van der Waals surface area contributed by atoms with Gasteiger partial charge in [0.15, 0.2) is 6.61 Å². The Morgan fingerprint density at radius 2 is 1.26 bits per heavy atom. The first-order valence-electron chi connectivity index (χ1n) is 10.7. The van der Waals surface area contributed by atoms with Crippen LogP contribution in [-0.4, -0.2) is 61.4 Å². The summed E-state index contributed by atoms with van der Waals surface area (Å²) in [6, 6.07) is 0. The lowest BCUT2D eigenvalue weighted by Crippen LogP contribution is -2.43. The lowest BCUT2D eigenvalue weighted by molar-refractivity contribution is -0.157. The molecular formula is C22H24I3N3O11. The van der Waals surface area contributed by atoms with Crippen molar-refractivity contribution in [2.24, 2.45) is 5.92 Å². The number of carbonyl (C=O) groups excluding carboxylic acids is 7. The smallest absolute Gasteiger partial charge is 0.303 e. The van der Waals surface area contributed by atoms with E-state index in [1.165, 1.54) is 0 Å². The average molecular weight is 887 g/mol. The van der Waals surface area contributed by atoms with Crippen LogP contribution in [0.5, 0.6) is 0 Å². The van der Waals surface area contributed by atoms with Gasteiger partial charge in [0, 0.05) is 40.4 Å². The first-order valence-corrected chi connectivity index (χ1v) is 14.0. The van der Waals surface area contributed by atoms with Crippen LogP contribution in [0.1, 0.15) is 39.4 Å². The van der Waals surface area contributed by atoms with Crippen molar-refractivity contribution < 1.29 is 52.5 Å². The third kappa shape index (κ3) is 11.0. The molecule has 17 heteroatoms. The van der Waals surface area contributed by atoms with E-state index >= 15 is 0 Å². The number of hydrogen-bond donors (Lipinski definition) is 3. The number of nitrogen functional groups attached to an aromatic ring is 1. The van der Waals surface area contributed by atoms with Gasteiger partial charge < -0.3 is 30.0 Å². The summed E-state index contributed by atoms with van der Waals surface area (Å²) in [6.45, 7) is 2.82. The average Bonchev–Trinajstić information content (AvgIpc) is 2.82. The van der Waals surface area contributed by atoms with Gasteiger partial charge in [0.1, 0.15) is 19.1 Å². The molecule has 0 saturated carbocycles. The highest BCUT2D eigenvalue weighted by Gasteiger charge is 2.35. The van der Waals surface area contributed by atoms with Crippen molar-refractivity contribution >= 4 is 121 Å². The van der Waals surface area contributed by atoms with Gasteiger partial charge in [0.05, 0.1) is 14.9 Å². The second kappa shape index (κ2) is 16.1. The SMILES string of the molecule is CC(=O)OCC(=O)Nc1c(I)c(N)c(I)c(C(OC(C)=O)C(=O)NC(=O)C(COC(C)=O)COC(C)=O)c1I. The van der Waals surface area contributed by atoms with E-state index in [0.29, 0.717) is 7.14 Å². The molecule has 1 rings (SSSR count). The Morgan fingerprint density at radius 1 is 0.744 bits per heavy atom. The number of nitrogens with one attached hydrogen (secondary N) is 2. The molecule has 3 amide bonds. The van der Waals surface area contributed by atoms with Crippen molar-refractivity contribution in [3.8, 4) is 0 Å². The lowest BCUT2D eigenvalue weighted by atomic mass is 10.1. The van der Waals surface area contributed by atoms with Gasteiger partial charge in [-0.2, -0.15) is 0 Å². The number of benzene rings is 1. The van der Waals surface area contributed by atoms with Gasteiger partial charge in [-0.05, 0) is 67.8 Å². The summed E-state index contributed by atoms with van der Waals surface area (Å²) < 4.78 is 20.5. The molecule has 39 heavy (non-hydrogen) atoms. The fourth-order valence-corrected chi connectivity index (χ4v) is 6.72. The molecule has 1 unspecified atom stereocenters. The minimum atomic E-state index is -1.71. The highest BCUT2D eigenvalue weighted by atomic mass is 127. The van der Waals surface area contributed by atoms with Crippen LogP contribution >= 0.6 is 67.8 Å². The molecule has 0 aliphatic rings. The molecular weight excluding hydrogens is 863 g/mol. The highest BCUT2D eigenvalue weighted by molar-refractivity contribution is 14.1. The van der Waals surface area contributed by atoms with Crippen LogP contribution in [0.2, 0.25) is 0 Å². The quantitative estimate of drug-likeness (QED) is 0.125. The first kappa shape index (κ1) is 34.7. The van der Waals surface area contributed by atoms with Gasteiger partial charge in [-0.1, -0.05) is 0 Å². The summed E-state index contributed by atoms with van der Waals surface area (Å²) in [4.78, 5) is 83.8. The minimum Gasteiger partial charge on any atom is -0.465 e. The zero-order valence-corrected chi connectivity index (χ0v) is 27.5. The fraction of sp³-hybridized carbons (Fsp3) is 0.409. The summed E-state index contributed by atoms with van der Waals surface area (Å²) >= 11 is 5.51. The van der Waals surface area contributed by atoms with Crippen LogP contribution in [0.25, 0.3) is 0 Å². The van der Waals surface area contributed by atoms with Crippen molar-refractivity contribution in [3.05, 3.63) is 16.3 Å². The van der Waals surface area contributed by atoms with Crippen LogP contribution in [0.3, 0.4) is 0 Å². The zero-order chi connectivity index (χ0) is 30.0. The van der Waals surface area contributed by atoms with E-state index in [9.17, 15) is 33.6 Å². The minimum absolute atomic E-state index is 0.0638. The van der Waals surface area contributed by atoms with Crippen molar-refractivity contribution in [2.45, 2.75) is 33.8 Å². The normalized spacial score (nSPS) is 11.2.